The van der Waals surface area contributed by atoms with E-state index in [1.54, 1.807) is 0 Å². The molecule has 0 aliphatic carbocycles. The molecule has 1 aromatic carbocycles. The molecule has 1 unspecified atom stereocenters. The van der Waals surface area contributed by atoms with E-state index < -0.39 is 0 Å². The SMILES string of the molecule is CCOCC1CCN(C(=NC)NCC2CCN(Cc3ccc(C)cc3)CC2)C1.I. The van der Waals surface area contributed by atoms with Gasteiger partial charge in [0, 0.05) is 45.8 Å². The lowest BCUT2D eigenvalue weighted by Crippen LogP contribution is -2.44. The molecule has 2 aliphatic rings. The van der Waals surface area contributed by atoms with E-state index in [0.29, 0.717) is 5.92 Å². The number of nitrogens with one attached hydrogen (secondary N) is 1. The van der Waals surface area contributed by atoms with Crippen molar-refractivity contribution in [3.8, 4) is 0 Å². The van der Waals surface area contributed by atoms with Crippen molar-refractivity contribution in [2.75, 3.05) is 53.0 Å². The van der Waals surface area contributed by atoms with Gasteiger partial charge in [-0.3, -0.25) is 9.89 Å². The maximum Gasteiger partial charge on any atom is 0.193 e. The van der Waals surface area contributed by atoms with Crippen molar-refractivity contribution < 1.29 is 4.74 Å². The second kappa shape index (κ2) is 12.7. The van der Waals surface area contributed by atoms with Gasteiger partial charge in [0.15, 0.2) is 5.96 Å². The molecular formula is C23H39IN4O. The monoisotopic (exact) mass is 514 g/mol. The van der Waals surface area contributed by atoms with Crippen LogP contribution in [0.4, 0.5) is 0 Å². The number of halogens is 1. The van der Waals surface area contributed by atoms with Gasteiger partial charge < -0.3 is 15.0 Å². The first-order chi connectivity index (χ1) is 13.7. The Kier molecular flexibility index (Phi) is 10.7. The number of rotatable bonds is 7. The minimum absolute atomic E-state index is 0. The van der Waals surface area contributed by atoms with E-state index in [-0.39, 0.29) is 24.0 Å². The Morgan fingerprint density at radius 1 is 1.10 bits per heavy atom. The predicted octanol–water partition coefficient (Wildman–Crippen LogP) is 3.76. The largest absolute Gasteiger partial charge is 0.381 e. The second-order valence-electron chi connectivity index (χ2n) is 8.39. The zero-order valence-electron chi connectivity index (χ0n) is 18.4. The minimum atomic E-state index is 0. The van der Waals surface area contributed by atoms with Gasteiger partial charge in [0.05, 0.1) is 6.61 Å². The van der Waals surface area contributed by atoms with E-state index in [1.165, 1.54) is 43.5 Å². The van der Waals surface area contributed by atoms with Crippen molar-refractivity contribution in [1.82, 2.24) is 15.1 Å². The van der Waals surface area contributed by atoms with E-state index in [4.69, 9.17) is 4.74 Å². The molecule has 0 bridgehead atoms. The summed E-state index contributed by atoms with van der Waals surface area (Å²) in [4.78, 5) is 9.52. The average molecular weight is 514 g/mol. The minimum Gasteiger partial charge on any atom is -0.381 e. The number of nitrogens with zero attached hydrogens (tertiary/aromatic N) is 3. The standard InChI is InChI=1S/C23H38N4O.HI/c1-4-28-18-22-11-14-27(17-22)23(24-3)25-15-20-9-12-26(13-10-20)16-21-7-5-19(2)6-8-21;/h5-8,20,22H,4,9-18H2,1-3H3,(H,24,25);1H. The normalized spacial score (nSPS) is 21.3. The number of benzene rings is 1. The summed E-state index contributed by atoms with van der Waals surface area (Å²) in [6.07, 6.45) is 3.74. The molecule has 1 atom stereocenters. The number of aliphatic imine (C=N–C) groups is 1. The van der Waals surface area contributed by atoms with E-state index in [2.05, 4.69) is 58.2 Å². The molecule has 6 heteroatoms. The highest BCUT2D eigenvalue weighted by molar-refractivity contribution is 14.0. The maximum atomic E-state index is 5.60. The molecule has 3 rings (SSSR count). The Bertz CT molecular complexity index is 614. The lowest BCUT2D eigenvalue weighted by Gasteiger charge is -2.33. The number of hydrogen-bond acceptors (Lipinski definition) is 3. The molecular weight excluding hydrogens is 475 g/mol. The maximum absolute atomic E-state index is 5.60. The van der Waals surface area contributed by atoms with Crippen LogP contribution in [0.2, 0.25) is 0 Å². The van der Waals surface area contributed by atoms with Crippen LogP contribution in [0.5, 0.6) is 0 Å². The number of hydrogen-bond donors (Lipinski definition) is 1. The van der Waals surface area contributed by atoms with Crippen molar-refractivity contribution in [3.63, 3.8) is 0 Å². The molecule has 2 heterocycles. The molecule has 1 N–H and O–H groups in total. The van der Waals surface area contributed by atoms with Gasteiger partial charge in [0.25, 0.3) is 0 Å². The topological polar surface area (TPSA) is 40.1 Å². The number of likely N-dealkylation sites (tertiary alicyclic amines) is 2. The first-order valence-corrected chi connectivity index (χ1v) is 11.0. The first kappa shape index (κ1) is 24.4. The smallest absolute Gasteiger partial charge is 0.193 e. The Morgan fingerprint density at radius 2 is 1.79 bits per heavy atom. The van der Waals surface area contributed by atoms with Crippen LogP contribution in [0.25, 0.3) is 0 Å². The predicted molar refractivity (Wildman–Crippen MR) is 132 cm³/mol. The van der Waals surface area contributed by atoms with E-state index >= 15 is 0 Å². The zero-order valence-corrected chi connectivity index (χ0v) is 20.7. The highest BCUT2D eigenvalue weighted by atomic mass is 127. The lowest BCUT2D eigenvalue weighted by atomic mass is 9.96. The van der Waals surface area contributed by atoms with Crippen molar-refractivity contribution in [2.45, 2.75) is 39.7 Å². The molecule has 2 aliphatic heterocycles. The van der Waals surface area contributed by atoms with Crippen LogP contribution in [0.1, 0.15) is 37.3 Å². The van der Waals surface area contributed by atoms with Crippen LogP contribution in [0.3, 0.4) is 0 Å². The molecule has 0 aromatic heterocycles. The van der Waals surface area contributed by atoms with Gasteiger partial charge in [-0.15, -0.1) is 24.0 Å². The third kappa shape index (κ3) is 7.72. The molecule has 0 spiro atoms. The fourth-order valence-electron chi connectivity index (χ4n) is 4.31. The molecule has 0 saturated carbocycles. The molecule has 5 nitrogen and oxygen atoms in total. The molecule has 164 valence electrons. The van der Waals surface area contributed by atoms with Gasteiger partial charge in [0.2, 0.25) is 0 Å². The van der Waals surface area contributed by atoms with Gasteiger partial charge >= 0.3 is 0 Å². The summed E-state index contributed by atoms with van der Waals surface area (Å²) in [5.41, 5.74) is 2.77. The highest BCUT2D eigenvalue weighted by Crippen LogP contribution is 2.20. The van der Waals surface area contributed by atoms with E-state index in [0.717, 1.165) is 51.3 Å². The Balaban J connectivity index is 0.00000300. The van der Waals surface area contributed by atoms with Gasteiger partial charge in [-0.2, -0.15) is 0 Å². The van der Waals surface area contributed by atoms with Crippen LogP contribution < -0.4 is 5.32 Å². The summed E-state index contributed by atoms with van der Waals surface area (Å²) >= 11 is 0. The number of ether oxygens (including phenoxy) is 1. The fourth-order valence-corrected chi connectivity index (χ4v) is 4.31. The molecule has 0 radical (unpaired) electrons. The zero-order chi connectivity index (χ0) is 19.8. The molecule has 29 heavy (non-hydrogen) atoms. The van der Waals surface area contributed by atoms with Crippen molar-refractivity contribution in [3.05, 3.63) is 35.4 Å². The lowest BCUT2D eigenvalue weighted by molar-refractivity contribution is 0.114. The third-order valence-electron chi connectivity index (χ3n) is 6.14. The number of guanidine groups is 1. The van der Waals surface area contributed by atoms with E-state index in [1.807, 2.05) is 7.05 Å². The highest BCUT2D eigenvalue weighted by Gasteiger charge is 2.26. The summed E-state index contributed by atoms with van der Waals surface area (Å²) in [6, 6.07) is 8.97. The number of piperidine rings is 1. The van der Waals surface area contributed by atoms with Crippen LogP contribution in [-0.2, 0) is 11.3 Å². The third-order valence-corrected chi connectivity index (χ3v) is 6.14. The molecule has 0 amide bonds. The Labute approximate surface area is 194 Å². The van der Waals surface area contributed by atoms with Crippen molar-refractivity contribution in [2.24, 2.45) is 16.8 Å². The summed E-state index contributed by atoms with van der Waals surface area (Å²) < 4.78 is 5.60. The summed E-state index contributed by atoms with van der Waals surface area (Å²) in [5, 5.41) is 3.65. The quantitative estimate of drug-likeness (QED) is 0.342. The van der Waals surface area contributed by atoms with Gasteiger partial charge in [0.1, 0.15) is 0 Å². The van der Waals surface area contributed by atoms with Gasteiger partial charge in [-0.1, -0.05) is 29.8 Å². The first-order valence-electron chi connectivity index (χ1n) is 11.0. The van der Waals surface area contributed by atoms with Crippen LogP contribution in [-0.4, -0.2) is 68.7 Å². The second-order valence-corrected chi connectivity index (χ2v) is 8.39. The fraction of sp³-hybridized carbons (Fsp3) is 0.696. The van der Waals surface area contributed by atoms with Crippen LogP contribution in [0.15, 0.2) is 29.3 Å². The summed E-state index contributed by atoms with van der Waals surface area (Å²) in [6.45, 7) is 12.6. The molecule has 2 fully saturated rings. The molecule has 2 saturated heterocycles. The number of aryl methyl sites for hydroxylation is 1. The van der Waals surface area contributed by atoms with Crippen molar-refractivity contribution >= 4 is 29.9 Å². The summed E-state index contributed by atoms with van der Waals surface area (Å²) in [5.74, 6) is 2.46. The average Bonchev–Trinajstić information content (AvgIpc) is 3.18. The van der Waals surface area contributed by atoms with Crippen molar-refractivity contribution in [1.29, 1.82) is 0 Å². The van der Waals surface area contributed by atoms with Crippen LogP contribution in [0, 0.1) is 18.8 Å². The van der Waals surface area contributed by atoms with Gasteiger partial charge in [-0.25, -0.2) is 0 Å². The van der Waals surface area contributed by atoms with Gasteiger partial charge in [-0.05, 0) is 57.7 Å². The molecule has 1 aromatic rings. The summed E-state index contributed by atoms with van der Waals surface area (Å²) in [7, 11) is 1.91. The van der Waals surface area contributed by atoms with E-state index in [9.17, 15) is 0 Å². The Morgan fingerprint density at radius 3 is 2.45 bits per heavy atom. The Hall–Kier alpha value is -0.860. The van der Waals surface area contributed by atoms with Crippen LogP contribution >= 0.6 is 24.0 Å².